The first-order valence-corrected chi connectivity index (χ1v) is 16.0. The summed E-state index contributed by atoms with van der Waals surface area (Å²) in [6.07, 6.45) is -0.643. The van der Waals surface area contributed by atoms with Gasteiger partial charge >= 0.3 is 6.09 Å². The van der Waals surface area contributed by atoms with E-state index in [2.05, 4.69) is 16.7 Å². The molecule has 0 aromatic heterocycles. The van der Waals surface area contributed by atoms with Crippen molar-refractivity contribution in [2.45, 2.75) is 69.7 Å². The Morgan fingerprint density at radius 1 is 1.07 bits per heavy atom. The highest BCUT2D eigenvalue weighted by Gasteiger charge is 2.61. The van der Waals surface area contributed by atoms with Crippen molar-refractivity contribution >= 4 is 35.2 Å². The summed E-state index contributed by atoms with van der Waals surface area (Å²) in [5.41, 5.74) is -1.46. The molecule has 0 bridgehead atoms. The molecule has 0 radical (unpaired) electrons. The number of nitrogens with one attached hydrogen (secondary N) is 2. The van der Waals surface area contributed by atoms with Crippen LogP contribution in [0.25, 0.3) is 0 Å². The fourth-order valence-electron chi connectivity index (χ4n) is 6.68. The smallest absolute Gasteiger partial charge is 0.408 e. The van der Waals surface area contributed by atoms with Gasteiger partial charge in [-0.3, -0.25) is 10.1 Å². The molecule has 0 unspecified atom stereocenters. The van der Waals surface area contributed by atoms with E-state index in [0.717, 1.165) is 6.07 Å². The zero-order chi connectivity index (χ0) is 33.2. The van der Waals surface area contributed by atoms with Gasteiger partial charge in [-0.15, -0.1) is 0 Å². The number of carbonyl (C=O) groups is 2. The van der Waals surface area contributed by atoms with Gasteiger partial charge in [0.1, 0.15) is 17.0 Å². The fourth-order valence-corrected chi connectivity index (χ4v) is 7.02. The lowest BCUT2D eigenvalue weighted by molar-refractivity contribution is 0.0633. The Balaban J connectivity index is 1.44. The molecule has 3 aromatic carbocycles. The van der Waals surface area contributed by atoms with Gasteiger partial charge < -0.3 is 15.0 Å². The second-order valence-corrected chi connectivity index (χ2v) is 14.0. The number of nitrogens with zero attached hydrogens (tertiary/aromatic N) is 2. The van der Waals surface area contributed by atoms with Gasteiger partial charge in [0.2, 0.25) is 0 Å². The van der Waals surface area contributed by atoms with Gasteiger partial charge in [-0.25, -0.2) is 13.6 Å². The van der Waals surface area contributed by atoms with Crippen LogP contribution in [-0.4, -0.2) is 48.3 Å². The van der Waals surface area contributed by atoms with E-state index in [-0.39, 0.29) is 38.5 Å². The second-order valence-electron chi connectivity index (χ2n) is 13.1. The lowest BCUT2D eigenvalue weighted by atomic mass is 9.63. The monoisotopic (exact) mass is 668 g/mol. The van der Waals surface area contributed by atoms with Crippen molar-refractivity contribution in [2.24, 2.45) is 5.41 Å². The summed E-state index contributed by atoms with van der Waals surface area (Å²) in [7, 11) is 0. The molecule has 2 amide bonds. The van der Waals surface area contributed by atoms with Gasteiger partial charge in [0, 0.05) is 41.3 Å². The average molecular weight is 670 g/mol. The van der Waals surface area contributed by atoms with Crippen molar-refractivity contribution in [1.82, 2.24) is 15.5 Å². The lowest BCUT2D eigenvalue weighted by Crippen LogP contribution is -2.48. The standard InChI is InChI=1S/C35H36Cl2F2N4O3/c1-34(2,3)19-28-35(20-40,25-13-12-22(36)18-27(25)38)29(24-10-7-11-26(37)30(24)39)31(42-28)46-33(45)41-23-14-16-43(17-15-23)32(44)21-8-5-4-6-9-21/h4-13,18,23,28-29,31,42H,14-17,19H2,1-3H3,(H,41,45)/t28-,29-,31+,35-/m0/s1. The number of benzene rings is 3. The first-order chi connectivity index (χ1) is 21.8. The molecular weight excluding hydrogens is 633 g/mol. The fraction of sp³-hybridized carbons (Fsp3) is 0.400. The van der Waals surface area contributed by atoms with Crippen molar-refractivity contribution in [2.75, 3.05) is 13.1 Å². The minimum absolute atomic E-state index is 0.00693. The SMILES string of the molecule is CC(C)(C)C[C@@H]1N[C@H](OC(=O)NC2CCN(C(=O)c3ccccc3)CC2)[C@H](c2cccc(Cl)c2F)[C@@]1(C#N)c1ccc(Cl)cc1F. The van der Waals surface area contributed by atoms with Crippen LogP contribution in [-0.2, 0) is 10.2 Å². The highest BCUT2D eigenvalue weighted by Crippen LogP contribution is 2.53. The molecule has 3 aromatic rings. The minimum Gasteiger partial charge on any atom is -0.430 e. The number of carbonyl (C=O) groups excluding carboxylic acids is 2. The van der Waals surface area contributed by atoms with Crippen LogP contribution < -0.4 is 10.6 Å². The Labute approximate surface area is 277 Å². The van der Waals surface area contributed by atoms with Crippen LogP contribution in [0.2, 0.25) is 10.0 Å². The number of hydrogen-bond donors (Lipinski definition) is 2. The summed E-state index contributed by atoms with van der Waals surface area (Å²) >= 11 is 12.3. The molecule has 7 nitrogen and oxygen atoms in total. The van der Waals surface area contributed by atoms with E-state index in [0.29, 0.717) is 37.9 Å². The lowest BCUT2D eigenvalue weighted by Gasteiger charge is -2.37. The summed E-state index contributed by atoms with van der Waals surface area (Å²) in [4.78, 5) is 28.0. The molecule has 11 heteroatoms. The topological polar surface area (TPSA) is 94.5 Å². The van der Waals surface area contributed by atoms with Crippen LogP contribution in [0.15, 0.2) is 66.7 Å². The van der Waals surface area contributed by atoms with Crippen molar-refractivity contribution in [3.63, 3.8) is 0 Å². The number of ether oxygens (including phenoxy) is 1. The van der Waals surface area contributed by atoms with Gasteiger partial charge in [0.25, 0.3) is 5.91 Å². The normalized spacial score (nSPS) is 23.5. The van der Waals surface area contributed by atoms with E-state index in [4.69, 9.17) is 27.9 Å². The van der Waals surface area contributed by atoms with Gasteiger partial charge in [-0.1, -0.05) is 80.4 Å². The molecule has 242 valence electrons. The summed E-state index contributed by atoms with van der Waals surface area (Å²) in [5.74, 6) is -2.78. The van der Waals surface area contributed by atoms with Crippen molar-refractivity contribution in [3.05, 3.63) is 105 Å². The van der Waals surface area contributed by atoms with Crippen molar-refractivity contribution in [1.29, 1.82) is 5.26 Å². The zero-order valence-electron chi connectivity index (χ0n) is 25.8. The molecule has 2 heterocycles. The van der Waals surface area contributed by atoms with Gasteiger partial charge in [-0.05, 0) is 60.6 Å². The quantitative estimate of drug-likeness (QED) is 0.282. The summed E-state index contributed by atoms with van der Waals surface area (Å²) in [6.45, 7) is 6.80. The predicted octanol–water partition coefficient (Wildman–Crippen LogP) is 7.58. The van der Waals surface area contributed by atoms with E-state index in [1.165, 1.54) is 24.3 Å². The van der Waals surface area contributed by atoms with Crippen LogP contribution in [0.4, 0.5) is 13.6 Å². The third kappa shape index (κ3) is 6.85. The maximum absolute atomic E-state index is 15.8. The number of amides is 2. The summed E-state index contributed by atoms with van der Waals surface area (Å²) in [6, 6.07) is 18.7. The van der Waals surface area contributed by atoms with Gasteiger partial charge in [-0.2, -0.15) is 5.26 Å². The molecule has 2 fully saturated rings. The van der Waals surface area contributed by atoms with Crippen LogP contribution in [0, 0.1) is 28.4 Å². The Hall–Kier alpha value is -3.71. The number of nitriles is 1. The molecule has 0 aliphatic carbocycles. The highest BCUT2D eigenvalue weighted by molar-refractivity contribution is 6.31. The highest BCUT2D eigenvalue weighted by atomic mass is 35.5. The third-order valence-electron chi connectivity index (χ3n) is 8.76. The summed E-state index contributed by atoms with van der Waals surface area (Å²) in [5, 5.41) is 17.1. The molecule has 5 rings (SSSR count). The molecule has 2 aliphatic heterocycles. The van der Waals surface area contributed by atoms with Crippen LogP contribution in [0.1, 0.15) is 67.4 Å². The maximum atomic E-state index is 15.8. The summed E-state index contributed by atoms with van der Waals surface area (Å²) < 4.78 is 37.5. The predicted molar refractivity (Wildman–Crippen MR) is 173 cm³/mol. The first-order valence-electron chi connectivity index (χ1n) is 15.2. The van der Waals surface area contributed by atoms with Crippen LogP contribution >= 0.6 is 23.2 Å². The third-order valence-corrected chi connectivity index (χ3v) is 9.29. The van der Waals surface area contributed by atoms with E-state index in [1.54, 1.807) is 23.1 Å². The molecule has 4 atom stereocenters. The molecule has 46 heavy (non-hydrogen) atoms. The largest absolute Gasteiger partial charge is 0.430 e. The van der Waals surface area contributed by atoms with E-state index < -0.39 is 41.3 Å². The number of halogens is 4. The molecule has 2 saturated heterocycles. The molecule has 2 N–H and O–H groups in total. The Bertz CT molecular complexity index is 1640. The van der Waals surface area contributed by atoms with Crippen molar-refractivity contribution < 1.29 is 23.1 Å². The van der Waals surface area contributed by atoms with Crippen molar-refractivity contribution in [3.8, 4) is 6.07 Å². The number of likely N-dealkylation sites (tertiary alicyclic amines) is 1. The second kappa shape index (κ2) is 13.6. The zero-order valence-corrected chi connectivity index (χ0v) is 27.3. The maximum Gasteiger partial charge on any atom is 0.408 e. The number of hydrogen-bond acceptors (Lipinski definition) is 5. The molecule has 0 saturated carbocycles. The molecule has 0 spiro atoms. The van der Waals surface area contributed by atoms with E-state index in [1.807, 2.05) is 39.0 Å². The number of piperidine rings is 1. The van der Waals surface area contributed by atoms with Crippen LogP contribution in [0.3, 0.4) is 0 Å². The minimum atomic E-state index is -1.72. The average Bonchev–Trinajstić information content (AvgIpc) is 3.30. The van der Waals surface area contributed by atoms with E-state index >= 15 is 8.78 Å². The van der Waals surface area contributed by atoms with E-state index in [9.17, 15) is 14.9 Å². The number of alkyl carbamates (subject to hydrolysis) is 1. The Morgan fingerprint density at radius 3 is 2.39 bits per heavy atom. The first kappa shape index (κ1) is 33.6. The molecular formula is C35H36Cl2F2N4O3. The van der Waals surface area contributed by atoms with Gasteiger partial charge in [0.15, 0.2) is 6.23 Å². The number of rotatable bonds is 6. The molecule has 2 aliphatic rings. The van der Waals surface area contributed by atoms with Gasteiger partial charge in [0.05, 0.1) is 17.0 Å². The Morgan fingerprint density at radius 2 is 1.76 bits per heavy atom. The Kier molecular flexibility index (Phi) is 9.92. The van der Waals surface area contributed by atoms with Crippen LogP contribution in [0.5, 0.6) is 0 Å².